The van der Waals surface area contributed by atoms with Gasteiger partial charge in [-0.3, -0.25) is 35.0 Å². The van der Waals surface area contributed by atoms with Crippen LogP contribution in [0.3, 0.4) is 0 Å². The highest BCUT2D eigenvalue weighted by Crippen LogP contribution is 2.48. The molecule has 1 aromatic heterocycles. The minimum absolute atomic E-state index is 0.0712. The summed E-state index contributed by atoms with van der Waals surface area (Å²) in [6.07, 6.45) is 0. The van der Waals surface area contributed by atoms with Crippen LogP contribution >= 0.6 is 0 Å². The number of nitrogens with one attached hydrogen (secondary N) is 4. The fraction of sp³-hybridized carbons (Fsp3) is 0.105. The van der Waals surface area contributed by atoms with Gasteiger partial charge in [0.25, 0.3) is 5.56 Å². The van der Waals surface area contributed by atoms with Crippen LogP contribution in [-0.4, -0.2) is 27.8 Å². The predicted molar refractivity (Wildman–Crippen MR) is 98.7 cm³/mol. The van der Waals surface area contributed by atoms with Crippen LogP contribution < -0.4 is 26.6 Å². The molecule has 4 amide bonds. The monoisotopic (exact) mass is 392 g/mol. The number of H-pyrrole nitrogens is 2. The van der Waals surface area contributed by atoms with Crippen molar-refractivity contribution in [3.63, 3.8) is 0 Å². The van der Waals surface area contributed by atoms with Crippen LogP contribution in [0, 0.1) is 5.92 Å². The highest BCUT2D eigenvalue weighted by Gasteiger charge is 2.47. The molecule has 4 N–H and O–H groups in total. The molecule has 0 spiro atoms. The van der Waals surface area contributed by atoms with Crippen LogP contribution in [0.5, 0.6) is 11.6 Å². The van der Waals surface area contributed by atoms with E-state index in [2.05, 4.69) is 20.6 Å². The lowest BCUT2D eigenvalue weighted by Crippen LogP contribution is -2.58. The maximum Gasteiger partial charge on any atom is 0.328 e. The summed E-state index contributed by atoms with van der Waals surface area (Å²) in [7, 11) is 0. The molecule has 144 valence electrons. The van der Waals surface area contributed by atoms with Gasteiger partial charge < -0.3 is 4.74 Å². The molecule has 0 aliphatic carbocycles. The van der Waals surface area contributed by atoms with Gasteiger partial charge in [0.05, 0.1) is 5.56 Å². The number of hydrogen-bond donors (Lipinski definition) is 4. The number of benzene rings is 2. The van der Waals surface area contributed by atoms with E-state index in [4.69, 9.17) is 4.74 Å². The quantitative estimate of drug-likeness (QED) is 0.441. The van der Waals surface area contributed by atoms with Crippen LogP contribution in [-0.2, 0) is 9.59 Å². The molecular weight excluding hydrogens is 380 g/mol. The molecule has 29 heavy (non-hydrogen) atoms. The highest BCUT2D eigenvalue weighted by atomic mass is 16.5. The number of hydrogen-bond acceptors (Lipinski definition) is 6. The smallest absolute Gasteiger partial charge is 0.328 e. The summed E-state index contributed by atoms with van der Waals surface area (Å²) in [6.45, 7) is 0. The summed E-state index contributed by atoms with van der Waals surface area (Å²) in [5, 5.41) is 5.60. The van der Waals surface area contributed by atoms with Gasteiger partial charge >= 0.3 is 11.7 Å². The molecule has 0 radical (unpaired) electrons. The molecule has 0 bridgehead atoms. The zero-order valence-electron chi connectivity index (χ0n) is 14.6. The van der Waals surface area contributed by atoms with Gasteiger partial charge in [-0.1, -0.05) is 30.3 Å². The standard InChI is InChI=1S/C19H12N4O6/c24-14-12(15(25)21-18(27)20-14)11-10-8-4-2-1-3-7(8)5-6-9(10)29-17-13(11)16(26)22-19(28)23-17/h1-6,11-12H,(H2,22,23,26,28)(H2,20,21,24,25,27). The molecule has 10 nitrogen and oxygen atoms in total. The minimum atomic E-state index is -1.42. The number of amides is 4. The lowest BCUT2D eigenvalue weighted by molar-refractivity contribution is -0.136. The van der Waals surface area contributed by atoms with Gasteiger partial charge in [0.15, 0.2) is 0 Å². The average molecular weight is 392 g/mol. The maximum absolute atomic E-state index is 12.7. The van der Waals surface area contributed by atoms with E-state index < -0.39 is 40.9 Å². The molecule has 10 heteroatoms. The molecule has 0 saturated carbocycles. The lowest BCUT2D eigenvalue weighted by Gasteiger charge is -2.33. The van der Waals surface area contributed by atoms with Crippen molar-refractivity contribution in [2.75, 3.05) is 0 Å². The molecule has 3 heterocycles. The van der Waals surface area contributed by atoms with Crippen LogP contribution in [0.2, 0.25) is 0 Å². The molecule has 2 aliphatic heterocycles. The first kappa shape index (κ1) is 16.9. The number of rotatable bonds is 1. The van der Waals surface area contributed by atoms with E-state index >= 15 is 0 Å². The Morgan fingerprint density at radius 1 is 0.759 bits per heavy atom. The van der Waals surface area contributed by atoms with Gasteiger partial charge in [-0.2, -0.15) is 0 Å². The molecule has 1 saturated heterocycles. The second-order valence-electron chi connectivity index (χ2n) is 6.71. The van der Waals surface area contributed by atoms with Gasteiger partial charge in [0.1, 0.15) is 11.7 Å². The topological polar surface area (TPSA) is 150 Å². The van der Waals surface area contributed by atoms with Gasteiger partial charge in [-0.25, -0.2) is 9.59 Å². The van der Waals surface area contributed by atoms with E-state index in [1.165, 1.54) is 0 Å². The number of carbonyl (C=O) groups is 3. The van der Waals surface area contributed by atoms with Gasteiger partial charge in [0, 0.05) is 11.5 Å². The van der Waals surface area contributed by atoms with Gasteiger partial charge in [-0.05, 0) is 16.8 Å². The summed E-state index contributed by atoms with van der Waals surface area (Å²) < 4.78 is 5.75. The number of aromatic amines is 2. The number of carbonyl (C=O) groups excluding carboxylic acids is 3. The van der Waals surface area contributed by atoms with Crippen molar-refractivity contribution in [2.24, 2.45) is 5.92 Å². The van der Waals surface area contributed by atoms with Crippen molar-refractivity contribution in [2.45, 2.75) is 5.92 Å². The van der Waals surface area contributed by atoms with Crippen molar-refractivity contribution >= 4 is 28.6 Å². The summed E-state index contributed by atoms with van der Waals surface area (Å²) in [5.41, 5.74) is -1.20. The normalized spacial score (nSPS) is 18.5. The Labute approximate surface area is 160 Å². The number of urea groups is 1. The largest absolute Gasteiger partial charge is 0.440 e. The molecule has 3 aromatic rings. The van der Waals surface area contributed by atoms with Crippen molar-refractivity contribution in [3.05, 3.63) is 68.4 Å². The third-order valence-electron chi connectivity index (χ3n) is 5.08. The Morgan fingerprint density at radius 3 is 2.24 bits per heavy atom. The lowest BCUT2D eigenvalue weighted by atomic mass is 9.76. The van der Waals surface area contributed by atoms with E-state index in [9.17, 15) is 24.0 Å². The van der Waals surface area contributed by atoms with E-state index in [0.717, 1.165) is 5.39 Å². The second kappa shape index (κ2) is 5.89. The van der Waals surface area contributed by atoms with E-state index in [1.807, 2.05) is 12.1 Å². The molecule has 2 aromatic carbocycles. The van der Waals surface area contributed by atoms with Crippen molar-refractivity contribution < 1.29 is 19.1 Å². The predicted octanol–water partition coefficient (Wildman–Crippen LogP) is 0.436. The van der Waals surface area contributed by atoms with Crippen molar-refractivity contribution in [1.29, 1.82) is 0 Å². The maximum atomic E-state index is 12.7. The highest BCUT2D eigenvalue weighted by molar-refractivity contribution is 6.17. The van der Waals surface area contributed by atoms with E-state index in [-0.39, 0.29) is 11.4 Å². The summed E-state index contributed by atoms with van der Waals surface area (Å²) in [6, 6.07) is 9.70. The molecular formula is C19H12N4O6. The number of barbiturate groups is 1. The van der Waals surface area contributed by atoms with Gasteiger partial charge in [-0.15, -0.1) is 0 Å². The third kappa shape index (κ3) is 2.46. The molecule has 5 rings (SSSR count). The molecule has 1 atom stereocenters. The first-order valence-electron chi connectivity index (χ1n) is 8.65. The summed E-state index contributed by atoms with van der Waals surface area (Å²) >= 11 is 0. The van der Waals surface area contributed by atoms with Crippen molar-refractivity contribution in [3.8, 4) is 11.6 Å². The van der Waals surface area contributed by atoms with Crippen molar-refractivity contribution in [1.82, 2.24) is 20.6 Å². The summed E-state index contributed by atoms with van der Waals surface area (Å²) in [4.78, 5) is 65.7. The Hall–Kier alpha value is -4.21. The van der Waals surface area contributed by atoms with Crippen LogP contribution in [0.25, 0.3) is 10.8 Å². The first-order valence-corrected chi connectivity index (χ1v) is 8.65. The summed E-state index contributed by atoms with van der Waals surface area (Å²) in [5.74, 6) is -4.06. The van der Waals surface area contributed by atoms with Crippen LogP contribution in [0.4, 0.5) is 4.79 Å². The Morgan fingerprint density at radius 2 is 1.48 bits per heavy atom. The Bertz CT molecular complexity index is 1330. The zero-order chi connectivity index (χ0) is 20.3. The molecule has 1 unspecified atom stereocenters. The van der Waals surface area contributed by atoms with Gasteiger partial charge in [0.2, 0.25) is 17.7 Å². The number of aromatic nitrogens is 2. The molecule has 1 fully saturated rings. The first-order chi connectivity index (χ1) is 13.9. The third-order valence-corrected chi connectivity index (χ3v) is 5.08. The fourth-order valence-corrected chi connectivity index (χ4v) is 3.94. The van der Waals surface area contributed by atoms with Crippen LogP contribution in [0.1, 0.15) is 17.0 Å². The average Bonchev–Trinajstić information content (AvgIpc) is 2.66. The molecule has 2 aliphatic rings. The van der Waals surface area contributed by atoms with E-state index in [1.54, 1.807) is 24.3 Å². The number of imide groups is 2. The second-order valence-corrected chi connectivity index (χ2v) is 6.71. The van der Waals surface area contributed by atoms with Crippen LogP contribution in [0.15, 0.2) is 46.0 Å². The Balaban J connectivity index is 1.86. The zero-order valence-corrected chi connectivity index (χ0v) is 14.6. The van der Waals surface area contributed by atoms with E-state index in [0.29, 0.717) is 16.7 Å². The SMILES string of the molecule is O=C1NC(=O)C(C2c3c([nH]c(=O)[nH]c3=O)Oc3ccc4ccccc4c32)C(=O)N1. The Kier molecular flexibility index (Phi) is 3.44. The number of ether oxygens (including phenoxy) is 1. The minimum Gasteiger partial charge on any atom is -0.440 e. The number of fused-ring (bicyclic) bond motifs is 4. The fourth-order valence-electron chi connectivity index (χ4n) is 3.94.